The van der Waals surface area contributed by atoms with E-state index in [0.29, 0.717) is 11.5 Å². The Morgan fingerprint density at radius 3 is 2.18 bits per heavy atom. The van der Waals surface area contributed by atoms with Crippen LogP contribution in [0.25, 0.3) is 0 Å². The van der Waals surface area contributed by atoms with Crippen LogP contribution in [-0.2, 0) is 6.18 Å². The molecular formula is C13H8F3O. The van der Waals surface area contributed by atoms with Gasteiger partial charge in [0.1, 0.15) is 11.5 Å². The Kier molecular flexibility index (Phi) is 3.04. The van der Waals surface area contributed by atoms with Gasteiger partial charge in [-0.3, -0.25) is 0 Å². The third-order valence-electron chi connectivity index (χ3n) is 2.10. The lowest BCUT2D eigenvalue weighted by Gasteiger charge is -2.08. The van der Waals surface area contributed by atoms with Crippen molar-refractivity contribution in [1.29, 1.82) is 0 Å². The highest BCUT2D eigenvalue weighted by molar-refractivity contribution is 5.33. The molecule has 0 atom stereocenters. The van der Waals surface area contributed by atoms with Crippen molar-refractivity contribution in [2.24, 2.45) is 0 Å². The molecule has 0 unspecified atom stereocenters. The quantitative estimate of drug-likeness (QED) is 0.756. The number of rotatable bonds is 2. The van der Waals surface area contributed by atoms with Crippen molar-refractivity contribution in [2.45, 2.75) is 6.18 Å². The summed E-state index contributed by atoms with van der Waals surface area (Å²) < 4.78 is 42.2. The van der Waals surface area contributed by atoms with Crippen molar-refractivity contribution in [3.8, 4) is 11.5 Å². The fourth-order valence-electron chi connectivity index (χ4n) is 1.29. The van der Waals surface area contributed by atoms with Crippen LogP contribution in [0.2, 0.25) is 0 Å². The smallest absolute Gasteiger partial charge is 0.416 e. The van der Waals surface area contributed by atoms with Crippen LogP contribution >= 0.6 is 0 Å². The number of alkyl halides is 3. The molecule has 1 radical (unpaired) electrons. The summed E-state index contributed by atoms with van der Waals surface area (Å²) in [6.07, 6.45) is -4.32. The molecule has 0 aliphatic heterocycles. The fraction of sp³-hybridized carbons (Fsp3) is 0.0769. The van der Waals surface area contributed by atoms with Crippen molar-refractivity contribution < 1.29 is 17.9 Å². The van der Waals surface area contributed by atoms with Crippen molar-refractivity contribution in [2.75, 3.05) is 0 Å². The van der Waals surface area contributed by atoms with Gasteiger partial charge >= 0.3 is 6.18 Å². The standard InChI is InChI=1S/C13H8F3O/c14-13(15,16)10-6-8-12(9-7-10)17-11-4-2-1-3-5-11/h1-2,4-9H. The fourth-order valence-corrected chi connectivity index (χ4v) is 1.29. The molecule has 2 rings (SSSR count). The lowest BCUT2D eigenvalue weighted by atomic mass is 10.2. The first kappa shape index (κ1) is 11.5. The molecule has 2 aromatic rings. The minimum Gasteiger partial charge on any atom is -0.457 e. The third-order valence-corrected chi connectivity index (χ3v) is 2.10. The van der Waals surface area contributed by atoms with Crippen LogP contribution in [0.5, 0.6) is 11.5 Å². The molecule has 0 spiro atoms. The summed E-state index contributed by atoms with van der Waals surface area (Å²) in [5, 5.41) is 0. The molecule has 17 heavy (non-hydrogen) atoms. The van der Waals surface area contributed by atoms with E-state index >= 15 is 0 Å². The van der Waals surface area contributed by atoms with Gasteiger partial charge in [0.2, 0.25) is 0 Å². The molecular weight excluding hydrogens is 229 g/mol. The normalized spacial score (nSPS) is 11.2. The minimum atomic E-state index is -4.32. The first-order valence-corrected chi connectivity index (χ1v) is 4.87. The summed E-state index contributed by atoms with van der Waals surface area (Å²) in [7, 11) is 0. The monoisotopic (exact) mass is 237 g/mol. The van der Waals surface area contributed by atoms with Gasteiger partial charge in [-0.05, 0) is 42.5 Å². The van der Waals surface area contributed by atoms with Gasteiger partial charge in [0, 0.05) is 0 Å². The summed E-state index contributed by atoms with van der Waals surface area (Å²) >= 11 is 0. The van der Waals surface area contributed by atoms with Crippen LogP contribution in [0.3, 0.4) is 0 Å². The largest absolute Gasteiger partial charge is 0.457 e. The van der Waals surface area contributed by atoms with Gasteiger partial charge in [-0.2, -0.15) is 13.2 Å². The second kappa shape index (κ2) is 4.49. The first-order valence-electron chi connectivity index (χ1n) is 4.87. The van der Waals surface area contributed by atoms with Gasteiger partial charge in [-0.25, -0.2) is 0 Å². The van der Waals surface area contributed by atoms with Crippen LogP contribution in [-0.4, -0.2) is 0 Å². The van der Waals surface area contributed by atoms with Gasteiger partial charge in [-0.1, -0.05) is 12.1 Å². The Morgan fingerprint density at radius 2 is 1.65 bits per heavy atom. The maximum absolute atomic E-state index is 12.3. The number of hydrogen-bond acceptors (Lipinski definition) is 1. The third kappa shape index (κ3) is 3.00. The summed E-state index contributed by atoms with van der Waals surface area (Å²) in [5.74, 6) is 0.893. The summed E-state index contributed by atoms with van der Waals surface area (Å²) in [6, 6.07) is 14.1. The Bertz CT molecular complexity index is 474. The van der Waals surface area contributed by atoms with E-state index in [1.807, 2.05) is 0 Å². The molecule has 0 fully saturated rings. The van der Waals surface area contributed by atoms with Gasteiger partial charge in [0.05, 0.1) is 5.56 Å². The summed E-state index contributed by atoms with van der Waals surface area (Å²) in [5.41, 5.74) is -0.690. The van der Waals surface area contributed by atoms with E-state index in [0.717, 1.165) is 12.1 Å². The average Bonchev–Trinajstić information content (AvgIpc) is 2.30. The number of ether oxygens (including phenoxy) is 1. The molecule has 0 N–H and O–H groups in total. The minimum absolute atomic E-state index is 0.359. The van der Waals surface area contributed by atoms with Crippen LogP contribution in [0.15, 0.2) is 48.5 Å². The zero-order chi connectivity index (χ0) is 12.3. The molecule has 0 heterocycles. The molecule has 0 aliphatic rings. The van der Waals surface area contributed by atoms with Crippen molar-refractivity contribution in [3.05, 3.63) is 60.2 Å². The predicted octanol–water partition coefficient (Wildman–Crippen LogP) is 4.30. The number of halogens is 3. The van der Waals surface area contributed by atoms with Crippen LogP contribution < -0.4 is 4.74 Å². The molecule has 0 bridgehead atoms. The van der Waals surface area contributed by atoms with E-state index in [9.17, 15) is 13.2 Å². The lowest BCUT2D eigenvalue weighted by molar-refractivity contribution is -0.137. The Balaban J connectivity index is 2.14. The van der Waals surface area contributed by atoms with E-state index in [1.54, 1.807) is 24.3 Å². The van der Waals surface area contributed by atoms with Crippen molar-refractivity contribution in [1.82, 2.24) is 0 Å². The molecule has 0 aromatic heterocycles. The maximum atomic E-state index is 12.3. The Labute approximate surface area is 96.5 Å². The molecule has 1 nitrogen and oxygen atoms in total. The number of hydrogen-bond donors (Lipinski definition) is 0. The lowest BCUT2D eigenvalue weighted by Crippen LogP contribution is -2.03. The van der Waals surface area contributed by atoms with Gasteiger partial charge in [0.15, 0.2) is 0 Å². The highest BCUT2D eigenvalue weighted by Gasteiger charge is 2.29. The van der Waals surface area contributed by atoms with Crippen LogP contribution in [0, 0.1) is 6.07 Å². The summed E-state index contributed by atoms with van der Waals surface area (Å²) in [4.78, 5) is 0. The Morgan fingerprint density at radius 1 is 0.941 bits per heavy atom. The average molecular weight is 237 g/mol. The highest BCUT2D eigenvalue weighted by atomic mass is 19.4. The van der Waals surface area contributed by atoms with Crippen molar-refractivity contribution >= 4 is 0 Å². The predicted molar refractivity (Wildman–Crippen MR) is 56.8 cm³/mol. The second-order valence-corrected chi connectivity index (χ2v) is 3.36. The first-order chi connectivity index (χ1) is 8.05. The molecule has 2 aromatic carbocycles. The Hall–Kier alpha value is -1.97. The van der Waals surface area contributed by atoms with Crippen LogP contribution in [0.1, 0.15) is 5.56 Å². The van der Waals surface area contributed by atoms with Gasteiger partial charge in [0.25, 0.3) is 0 Å². The molecule has 0 saturated heterocycles. The maximum Gasteiger partial charge on any atom is 0.416 e. The van der Waals surface area contributed by atoms with Gasteiger partial charge in [-0.15, -0.1) is 0 Å². The van der Waals surface area contributed by atoms with Gasteiger partial charge < -0.3 is 4.74 Å². The second-order valence-electron chi connectivity index (χ2n) is 3.36. The summed E-state index contributed by atoms with van der Waals surface area (Å²) in [6.45, 7) is 0. The zero-order valence-electron chi connectivity index (χ0n) is 8.66. The van der Waals surface area contributed by atoms with E-state index < -0.39 is 11.7 Å². The molecule has 0 amide bonds. The number of benzene rings is 2. The van der Waals surface area contributed by atoms with Crippen LogP contribution in [0.4, 0.5) is 13.2 Å². The van der Waals surface area contributed by atoms with Crippen molar-refractivity contribution in [3.63, 3.8) is 0 Å². The SMILES string of the molecule is FC(F)(F)c1ccc(Oc2c[c]ccc2)cc1. The molecule has 4 heteroatoms. The topological polar surface area (TPSA) is 9.23 Å². The molecule has 87 valence electrons. The van der Waals surface area contributed by atoms with E-state index in [4.69, 9.17) is 4.74 Å². The zero-order valence-corrected chi connectivity index (χ0v) is 8.66. The molecule has 0 aliphatic carbocycles. The molecule has 0 saturated carbocycles. The van der Waals surface area contributed by atoms with E-state index in [1.165, 1.54) is 12.1 Å². The van der Waals surface area contributed by atoms with E-state index in [-0.39, 0.29) is 0 Å². The highest BCUT2D eigenvalue weighted by Crippen LogP contribution is 2.31. The van der Waals surface area contributed by atoms with E-state index in [2.05, 4.69) is 6.07 Å².